The summed E-state index contributed by atoms with van der Waals surface area (Å²) < 4.78 is 6.42. The van der Waals surface area contributed by atoms with Gasteiger partial charge in [0.25, 0.3) is 0 Å². The fraction of sp³-hybridized carbons (Fsp3) is 0.333. The number of carbonyl (C=O) groups excluding carboxylic acids is 1. The molecule has 0 saturated carbocycles. The van der Waals surface area contributed by atoms with Gasteiger partial charge in [0.2, 0.25) is 0 Å². The van der Waals surface area contributed by atoms with Crippen molar-refractivity contribution < 1.29 is 19.1 Å². The monoisotopic (exact) mass is 396 g/mol. The summed E-state index contributed by atoms with van der Waals surface area (Å²) in [5, 5.41) is 10.4. The van der Waals surface area contributed by atoms with Gasteiger partial charge in [-0.2, -0.15) is 0 Å². The van der Waals surface area contributed by atoms with E-state index in [9.17, 15) is 4.79 Å². The van der Waals surface area contributed by atoms with Crippen LogP contribution in [0, 0.1) is 0 Å². The molecule has 2 amide bonds. The molecule has 1 aliphatic rings. The molecule has 8 heteroatoms. The quantitative estimate of drug-likeness (QED) is 0.256. The second-order valence-electron chi connectivity index (χ2n) is 6.80. The third kappa shape index (κ3) is 4.53. The van der Waals surface area contributed by atoms with E-state index in [-0.39, 0.29) is 6.61 Å². The van der Waals surface area contributed by atoms with Crippen LogP contribution >= 0.6 is 0 Å². The number of methoxy groups -OCH3 is 1. The van der Waals surface area contributed by atoms with Crippen LogP contribution in [0.1, 0.15) is 35.6 Å². The minimum Gasteiger partial charge on any atom is -0.496 e. The molecule has 152 valence electrons. The van der Waals surface area contributed by atoms with Gasteiger partial charge in [0.1, 0.15) is 18.0 Å². The Kier molecular flexibility index (Phi) is 6.43. The maximum absolute atomic E-state index is 12.1. The van der Waals surface area contributed by atoms with Gasteiger partial charge >= 0.3 is 6.03 Å². The highest BCUT2D eigenvalue weighted by atomic mass is 16.6. The summed E-state index contributed by atoms with van der Waals surface area (Å²) in [6.07, 6.45) is 3.36. The summed E-state index contributed by atoms with van der Waals surface area (Å²) in [5.74, 6) is 5.74. The van der Waals surface area contributed by atoms with E-state index in [0.29, 0.717) is 17.0 Å². The van der Waals surface area contributed by atoms with E-state index in [1.54, 1.807) is 25.3 Å². The van der Waals surface area contributed by atoms with Crippen molar-refractivity contribution in [1.29, 1.82) is 0 Å². The van der Waals surface area contributed by atoms with Gasteiger partial charge in [-0.25, -0.2) is 16.0 Å². The van der Waals surface area contributed by atoms with Crippen molar-refractivity contribution >= 4 is 17.4 Å². The normalized spacial score (nSPS) is 13.8. The number of amides is 2. The Balaban J connectivity index is 1.79. The summed E-state index contributed by atoms with van der Waals surface area (Å²) in [6, 6.07) is 11.2. The molecule has 2 aromatic rings. The molecule has 0 bridgehead atoms. The van der Waals surface area contributed by atoms with E-state index in [1.807, 2.05) is 6.92 Å². The van der Waals surface area contributed by atoms with Crippen molar-refractivity contribution in [2.45, 2.75) is 32.8 Å². The molecule has 0 fully saturated rings. The van der Waals surface area contributed by atoms with E-state index in [4.69, 9.17) is 15.4 Å². The second kappa shape index (κ2) is 9.18. The zero-order valence-corrected chi connectivity index (χ0v) is 16.9. The number of benzene rings is 2. The minimum atomic E-state index is -0.471. The first-order valence-electron chi connectivity index (χ1n) is 9.44. The van der Waals surface area contributed by atoms with Gasteiger partial charge in [-0.1, -0.05) is 29.4 Å². The number of anilines is 1. The maximum atomic E-state index is 12.1. The molecular weight excluding hydrogens is 370 g/mol. The lowest BCUT2D eigenvalue weighted by Crippen LogP contribution is -2.23. The molecule has 1 aliphatic carbocycles. The highest BCUT2D eigenvalue weighted by Gasteiger charge is 2.19. The number of nitrogens with one attached hydrogen (secondary N) is 1. The van der Waals surface area contributed by atoms with Crippen LogP contribution in [0.4, 0.5) is 10.5 Å². The Hall–Kier alpha value is -3.42. The Morgan fingerprint density at radius 1 is 1.24 bits per heavy atom. The van der Waals surface area contributed by atoms with Gasteiger partial charge < -0.3 is 9.57 Å². The molecule has 0 saturated heterocycles. The van der Waals surface area contributed by atoms with Gasteiger partial charge in [0, 0.05) is 10.8 Å². The standard InChI is InChI=1S/C21H25N5O3/c1-14(16-9-4-7-15-8-5-10-17(15)16)24-29-13-18-19(11-6-12-20(18)28-3)23-21(27)26(2)25-22/h4,6-7,9,11-12,22H,5,8,10,13H2,1-3H3,(H,23,27)/p+1. The van der Waals surface area contributed by atoms with Gasteiger partial charge in [0.05, 0.1) is 25.4 Å². The molecule has 3 rings (SSSR count). The number of fused-ring (bicyclic) bond motifs is 1. The van der Waals surface area contributed by atoms with Gasteiger partial charge in [-0.3, -0.25) is 0 Å². The largest absolute Gasteiger partial charge is 0.496 e. The Morgan fingerprint density at radius 3 is 2.79 bits per heavy atom. The number of rotatable bonds is 6. The predicted octanol–water partition coefficient (Wildman–Crippen LogP) is 3.62. The molecule has 3 N–H and O–H groups in total. The number of urea groups is 1. The smallest absolute Gasteiger partial charge is 0.459 e. The highest BCUT2D eigenvalue weighted by Crippen LogP contribution is 2.28. The topological polar surface area (TPSA) is 101 Å². The molecule has 0 heterocycles. The molecule has 0 aliphatic heterocycles. The number of carbonyl (C=O) groups is 1. The van der Waals surface area contributed by atoms with Gasteiger partial charge in [-0.05, 0) is 49.4 Å². The third-order valence-electron chi connectivity index (χ3n) is 5.01. The van der Waals surface area contributed by atoms with Crippen LogP contribution in [-0.4, -0.2) is 30.6 Å². The van der Waals surface area contributed by atoms with Crippen LogP contribution < -0.4 is 15.9 Å². The van der Waals surface area contributed by atoms with Crippen LogP contribution in [0.25, 0.3) is 0 Å². The summed E-state index contributed by atoms with van der Waals surface area (Å²) in [4.78, 5) is 17.7. The Bertz CT molecular complexity index is 969. The van der Waals surface area contributed by atoms with E-state index in [0.717, 1.165) is 28.8 Å². The van der Waals surface area contributed by atoms with Crippen molar-refractivity contribution in [3.63, 3.8) is 0 Å². The van der Waals surface area contributed by atoms with E-state index in [2.05, 4.69) is 33.9 Å². The predicted molar refractivity (Wildman–Crippen MR) is 110 cm³/mol. The summed E-state index contributed by atoms with van der Waals surface area (Å²) in [7, 11) is 3.02. The molecule has 0 aromatic heterocycles. The van der Waals surface area contributed by atoms with E-state index < -0.39 is 6.03 Å². The van der Waals surface area contributed by atoms with Gasteiger partial charge in [0.15, 0.2) is 0 Å². The van der Waals surface area contributed by atoms with Crippen LogP contribution in [0.5, 0.6) is 5.75 Å². The summed E-state index contributed by atoms with van der Waals surface area (Å²) in [6.45, 7) is 2.08. The first-order chi connectivity index (χ1) is 14.0. The van der Waals surface area contributed by atoms with Crippen molar-refractivity contribution in [2.75, 3.05) is 19.5 Å². The lowest BCUT2D eigenvalue weighted by Gasteiger charge is -2.12. The van der Waals surface area contributed by atoms with Crippen LogP contribution in [0.15, 0.2) is 46.8 Å². The Labute approximate surface area is 170 Å². The van der Waals surface area contributed by atoms with Crippen molar-refractivity contribution in [2.24, 2.45) is 16.2 Å². The number of hydrogen-bond acceptors (Lipinski definition) is 5. The fourth-order valence-corrected chi connectivity index (χ4v) is 3.47. The van der Waals surface area contributed by atoms with E-state index >= 15 is 0 Å². The Morgan fingerprint density at radius 2 is 2.03 bits per heavy atom. The van der Waals surface area contributed by atoms with Crippen molar-refractivity contribution in [3.05, 3.63) is 58.7 Å². The first kappa shape index (κ1) is 20.3. The third-order valence-corrected chi connectivity index (χ3v) is 5.01. The second-order valence-corrected chi connectivity index (χ2v) is 6.80. The summed E-state index contributed by atoms with van der Waals surface area (Å²) in [5.41, 5.74) is 5.91. The molecule has 0 unspecified atom stereocenters. The average Bonchev–Trinajstić information content (AvgIpc) is 3.22. The molecule has 2 aromatic carbocycles. The fourth-order valence-electron chi connectivity index (χ4n) is 3.47. The number of aryl methyl sites for hydroxylation is 1. The number of nitrogens with zero attached hydrogens (tertiary/aromatic N) is 3. The minimum absolute atomic E-state index is 0.134. The lowest BCUT2D eigenvalue weighted by molar-refractivity contribution is -0.466. The van der Waals surface area contributed by atoms with Crippen molar-refractivity contribution in [3.8, 4) is 5.75 Å². The molecule has 0 atom stereocenters. The van der Waals surface area contributed by atoms with Crippen LogP contribution in [0.2, 0.25) is 0 Å². The number of nitrogens with two attached hydrogens (primary N) is 1. The molecule has 0 radical (unpaired) electrons. The maximum Gasteiger partial charge on any atom is 0.459 e. The van der Waals surface area contributed by atoms with Gasteiger partial charge in [-0.15, -0.1) is 4.70 Å². The summed E-state index contributed by atoms with van der Waals surface area (Å²) >= 11 is 0. The highest BCUT2D eigenvalue weighted by molar-refractivity contribution is 6.00. The molecule has 0 spiro atoms. The van der Waals surface area contributed by atoms with Crippen molar-refractivity contribution in [1.82, 2.24) is 0 Å². The molecule has 8 nitrogen and oxygen atoms in total. The van der Waals surface area contributed by atoms with Crippen LogP contribution in [-0.2, 0) is 24.3 Å². The molecular formula is C21H26N5O3+. The first-order valence-corrected chi connectivity index (χ1v) is 9.44. The van der Waals surface area contributed by atoms with Crippen LogP contribution in [0.3, 0.4) is 0 Å². The number of hydrogen-bond donors (Lipinski definition) is 2. The average molecular weight is 396 g/mol. The zero-order chi connectivity index (χ0) is 20.8. The molecule has 29 heavy (non-hydrogen) atoms. The zero-order valence-electron chi connectivity index (χ0n) is 16.9. The lowest BCUT2D eigenvalue weighted by atomic mass is 10.0. The number of ether oxygens (including phenoxy) is 1. The van der Waals surface area contributed by atoms with E-state index in [1.165, 1.54) is 24.6 Å². The number of oxime groups is 1. The SMILES string of the molecule is COc1cccc(NC(=O)/[N+](C)=N\N)c1CON=C(C)c1cccc2c1CCC2.